The molecule has 3 rings (SSSR count). The molecule has 4 N–H and O–H groups in total. The number of hydrogen-bond acceptors (Lipinski definition) is 4. The SMILES string of the molecule is C/C(=N/NC(=O)c1ccc(N)cc1)c1c(C)[nH]n(-c2ccc(C)c(C)c2)c1=O. The minimum absolute atomic E-state index is 0.219. The second-order valence-corrected chi connectivity index (χ2v) is 6.78. The summed E-state index contributed by atoms with van der Waals surface area (Å²) in [5.41, 5.74) is 13.4. The Labute approximate surface area is 162 Å². The molecular weight excluding hydrogens is 354 g/mol. The maximum atomic E-state index is 12.9. The maximum absolute atomic E-state index is 12.9. The molecule has 0 spiro atoms. The number of amides is 1. The van der Waals surface area contributed by atoms with Crippen LogP contribution in [0.15, 0.2) is 52.4 Å². The van der Waals surface area contributed by atoms with E-state index in [1.807, 2.05) is 32.0 Å². The van der Waals surface area contributed by atoms with E-state index >= 15 is 0 Å². The van der Waals surface area contributed by atoms with Crippen LogP contribution in [0.5, 0.6) is 0 Å². The smallest absolute Gasteiger partial charge is 0.280 e. The van der Waals surface area contributed by atoms with Crippen LogP contribution >= 0.6 is 0 Å². The summed E-state index contributed by atoms with van der Waals surface area (Å²) in [4.78, 5) is 25.1. The minimum Gasteiger partial charge on any atom is -0.399 e. The third kappa shape index (κ3) is 3.73. The van der Waals surface area contributed by atoms with Crippen molar-refractivity contribution in [2.75, 3.05) is 5.73 Å². The van der Waals surface area contributed by atoms with Crippen molar-refractivity contribution in [3.8, 4) is 5.69 Å². The lowest BCUT2D eigenvalue weighted by atomic mass is 10.1. The van der Waals surface area contributed by atoms with Gasteiger partial charge in [0.25, 0.3) is 11.5 Å². The van der Waals surface area contributed by atoms with E-state index in [1.165, 1.54) is 4.68 Å². The number of aryl methyl sites for hydroxylation is 3. The lowest BCUT2D eigenvalue weighted by Gasteiger charge is -2.05. The van der Waals surface area contributed by atoms with Crippen molar-refractivity contribution in [2.45, 2.75) is 27.7 Å². The van der Waals surface area contributed by atoms with Gasteiger partial charge < -0.3 is 5.73 Å². The third-order valence-corrected chi connectivity index (χ3v) is 4.68. The summed E-state index contributed by atoms with van der Waals surface area (Å²) in [7, 11) is 0. The number of carbonyl (C=O) groups is 1. The zero-order valence-corrected chi connectivity index (χ0v) is 16.3. The van der Waals surface area contributed by atoms with Crippen LogP contribution in [-0.4, -0.2) is 21.4 Å². The van der Waals surface area contributed by atoms with E-state index in [2.05, 4.69) is 15.6 Å². The first-order valence-corrected chi connectivity index (χ1v) is 8.87. The molecule has 2 aromatic carbocycles. The molecule has 0 atom stereocenters. The van der Waals surface area contributed by atoms with Crippen molar-refractivity contribution in [3.05, 3.63) is 80.8 Å². The summed E-state index contributed by atoms with van der Waals surface area (Å²) in [6.07, 6.45) is 0. The predicted molar refractivity (Wildman–Crippen MR) is 111 cm³/mol. The molecule has 1 heterocycles. The first kappa shape index (κ1) is 19.2. The van der Waals surface area contributed by atoms with Crippen molar-refractivity contribution >= 4 is 17.3 Å². The highest BCUT2D eigenvalue weighted by atomic mass is 16.2. The number of nitrogens with zero attached hydrogens (tertiary/aromatic N) is 2. The Morgan fingerprint density at radius 2 is 1.75 bits per heavy atom. The van der Waals surface area contributed by atoms with Gasteiger partial charge in [-0.3, -0.25) is 14.7 Å². The Morgan fingerprint density at radius 1 is 1.07 bits per heavy atom. The fourth-order valence-corrected chi connectivity index (χ4v) is 2.91. The lowest BCUT2D eigenvalue weighted by Crippen LogP contribution is -2.23. The number of anilines is 1. The molecule has 7 nitrogen and oxygen atoms in total. The van der Waals surface area contributed by atoms with Gasteiger partial charge in [-0.05, 0) is 75.2 Å². The summed E-state index contributed by atoms with van der Waals surface area (Å²) in [6.45, 7) is 7.51. The Morgan fingerprint density at radius 3 is 2.39 bits per heavy atom. The summed E-state index contributed by atoms with van der Waals surface area (Å²) in [5.74, 6) is -0.373. The zero-order chi connectivity index (χ0) is 20.4. The van der Waals surface area contributed by atoms with Crippen LogP contribution < -0.4 is 16.7 Å². The van der Waals surface area contributed by atoms with Crippen LogP contribution in [0.1, 0.15) is 39.7 Å². The van der Waals surface area contributed by atoms with Crippen molar-refractivity contribution in [3.63, 3.8) is 0 Å². The molecule has 0 aliphatic heterocycles. The molecule has 1 amide bonds. The lowest BCUT2D eigenvalue weighted by molar-refractivity contribution is 0.0955. The minimum atomic E-state index is -0.373. The number of hydrogen-bond donors (Lipinski definition) is 3. The quantitative estimate of drug-likeness (QED) is 0.370. The van der Waals surface area contributed by atoms with E-state index in [0.29, 0.717) is 28.2 Å². The number of hydrazone groups is 1. The van der Waals surface area contributed by atoms with Gasteiger partial charge in [-0.2, -0.15) is 5.10 Å². The van der Waals surface area contributed by atoms with Crippen LogP contribution in [0, 0.1) is 20.8 Å². The summed E-state index contributed by atoms with van der Waals surface area (Å²) in [6, 6.07) is 12.3. The van der Waals surface area contributed by atoms with E-state index in [9.17, 15) is 9.59 Å². The standard InChI is InChI=1S/C21H23N5O2/c1-12-5-10-18(11-13(12)2)26-21(28)19(15(4)25-26)14(3)23-24-20(27)16-6-8-17(22)9-7-16/h5-11,25H,22H2,1-4H3,(H,24,27)/b23-14-. The van der Waals surface area contributed by atoms with Crippen molar-refractivity contribution < 1.29 is 4.79 Å². The van der Waals surface area contributed by atoms with Crippen molar-refractivity contribution in [1.82, 2.24) is 15.2 Å². The predicted octanol–water partition coefficient (Wildman–Crippen LogP) is 2.83. The fourth-order valence-electron chi connectivity index (χ4n) is 2.91. The Kier molecular flexibility index (Phi) is 5.17. The number of H-pyrrole nitrogens is 1. The first-order chi connectivity index (χ1) is 13.3. The van der Waals surface area contributed by atoms with Gasteiger partial charge >= 0.3 is 0 Å². The monoisotopic (exact) mass is 377 g/mol. The maximum Gasteiger partial charge on any atom is 0.280 e. The van der Waals surface area contributed by atoms with Gasteiger partial charge in [-0.15, -0.1) is 0 Å². The Bertz CT molecular complexity index is 1120. The molecule has 0 aliphatic carbocycles. The Hall–Kier alpha value is -3.61. The van der Waals surface area contributed by atoms with Crippen LogP contribution in [0.4, 0.5) is 5.69 Å². The summed E-state index contributed by atoms with van der Waals surface area (Å²) >= 11 is 0. The molecule has 0 bridgehead atoms. The van der Waals surface area contributed by atoms with Crippen molar-refractivity contribution in [1.29, 1.82) is 0 Å². The molecule has 28 heavy (non-hydrogen) atoms. The zero-order valence-electron chi connectivity index (χ0n) is 16.3. The van der Waals surface area contributed by atoms with Crippen LogP contribution in [0.2, 0.25) is 0 Å². The fraction of sp³-hybridized carbons (Fsp3) is 0.190. The van der Waals surface area contributed by atoms with Crippen LogP contribution in [0.25, 0.3) is 5.69 Å². The van der Waals surface area contributed by atoms with Gasteiger partial charge in [-0.25, -0.2) is 10.1 Å². The first-order valence-electron chi connectivity index (χ1n) is 8.87. The van der Waals surface area contributed by atoms with Gasteiger partial charge in [0.1, 0.15) is 0 Å². The highest BCUT2D eigenvalue weighted by molar-refractivity contribution is 6.01. The number of carbonyl (C=O) groups excluding carboxylic acids is 1. The number of benzene rings is 2. The molecule has 0 fully saturated rings. The van der Waals surface area contributed by atoms with E-state index < -0.39 is 0 Å². The van der Waals surface area contributed by atoms with Gasteiger partial charge in [0.15, 0.2) is 0 Å². The number of aromatic amines is 1. The highest BCUT2D eigenvalue weighted by Crippen LogP contribution is 2.13. The molecule has 0 aliphatic rings. The van der Waals surface area contributed by atoms with Crippen LogP contribution in [0.3, 0.4) is 0 Å². The van der Waals surface area contributed by atoms with E-state index in [4.69, 9.17) is 5.73 Å². The highest BCUT2D eigenvalue weighted by Gasteiger charge is 2.16. The number of nitrogen functional groups attached to an aromatic ring is 1. The summed E-state index contributed by atoms with van der Waals surface area (Å²) < 4.78 is 1.48. The molecule has 1 aromatic heterocycles. The topological polar surface area (TPSA) is 105 Å². The number of aromatic nitrogens is 2. The molecular formula is C21H23N5O2. The van der Waals surface area contributed by atoms with Gasteiger partial charge in [-0.1, -0.05) is 6.07 Å². The molecule has 3 aromatic rings. The Balaban J connectivity index is 1.88. The molecule has 7 heteroatoms. The molecule has 0 unspecified atom stereocenters. The second kappa shape index (κ2) is 7.56. The molecule has 0 radical (unpaired) electrons. The molecule has 0 saturated heterocycles. The normalized spacial score (nSPS) is 11.5. The van der Waals surface area contributed by atoms with Crippen molar-refractivity contribution in [2.24, 2.45) is 5.10 Å². The number of rotatable bonds is 4. The van der Waals surface area contributed by atoms with Gasteiger partial charge in [0.05, 0.1) is 17.0 Å². The van der Waals surface area contributed by atoms with Gasteiger partial charge in [0.2, 0.25) is 0 Å². The van der Waals surface area contributed by atoms with E-state index in [0.717, 1.165) is 16.8 Å². The number of nitrogens with one attached hydrogen (secondary N) is 2. The largest absolute Gasteiger partial charge is 0.399 e. The van der Waals surface area contributed by atoms with Crippen LogP contribution in [-0.2, 0) is 0 Å². The van der Waals surface area contributed by atoms with E-state index in [-0.39, 0.29) is 11.5 Å². The average Bonchev–Trinajstić information content (AvgIpc) is 2.96. The number of nitrogens with two attached hydrogens (primary N) is 1. The van der Waals surface area contributed by atoms with E-state index in [1.54, 1.807) is 38.1 Å². The second-order valence-electron chi connectivity index (χ2n) is 6.78. The summed E-state index contributed by atoms with van der Waals surface area (Å²) in [5, 5.41) is 7.19. The molecule has 0 saturated carbocycles. The third-order valence-electron chi connectivity index (χ3n) is 4.68. The van der Waals surface area contributed by atoms with Gasteiger partial charge in [0, 0.05) is 16.9 Å². The molecule has 144 valence electrons. The average molecular weight is 377 g/mol.